The van der Waals surface area contributed by atoms with Gasteiger partial charge in [-0.15, -0.1) is 0 Å². The first kappa shape index (κ1) is 19.9. The zero-order chi connectivity index (χ0) is 21.8. The highest BCUT2D eigenvalue weighted by atomic mass is 16.2. The van der Waals surface area contributed by atoms with Crippen LogP contribution >= 0.6 is 0 Å². The number of amides is 2. The molecule has 1 saturated heterocycles. The summed E-state index contributed by atoms with van der Waals surface area (Å²) in [6.07, 6.45) is 1.53. The van der Waals surface area contributed by atoms with Crippen molar-refractivity contribution in [3.63, 3.8) is 0 Å². The van der Waals surface area contributed by atoms with Crippen molar-refractivity contribution in [2.24, 2.45) is 5.73 Å². The first-order valence-corrected chi connectivity index (χ1v) is 10.9. The predicted octanol–water partition coefficient (Wildman–Crippen LogP) is 2.34. The number of carbonyl (C=O) groups is 2. The van der Waals surface area contributed by atoms with E-state index in [0.717, 1.165) is 36.3 Å². The van der Waals surface area contributed by atoms with E-state index in [-0.39, 0.29) is 17.9 Å². The summed E-state index contributed by atoms with van der Waals surface area (Å²) in [5.41, 5.74) is 10.6. The van der Waals surface area contributed by atoms with Crippen molar-refractivity contribution in [1.82, 2.24) is 9.80 Å². The van der Waals surface area contributed by atoms with Crippen molar-refractivity contribution in [2.45, 2.75) is 31.3 Å². The van der Waals surface area contributed by atoms with Crippen molar-refractivity contribution in [3.05, 3.63) is 48.0 Å². The fraction of sp³-hybridized carbons (Fsp3) is 0.417. The number of carbonyl (C=O) groups excluding carboxylic acids is 2. The summed E-state index contributed by atoms with van der Waals surface area (Å²) in [5.74, 6) is 0.0445. The molecule has 1 unspecified atom stereocenters. The van der Waals surface area contributed by atoms with E-state index in [4.69, 9.17) is 5.73 Å². The number of rotatable bonds is 3. The van der Waals surface area contributed by atoms with Gasteiger partial charge >= 0.3 is 0 Å². The zero-order valence-corrected chi connectivity index (χ0v) is 18.1. The standard InChI is InChI=1S/C24H29N5O2/c1-16-14-28(11-12-29(16)23(31)24(25)9-10-24)22(30)18-5-3-17(4-6-18)19-7-8-21-20(13-19)26-15-27(21)2/h3-8,13,16,26H,9-12,14-15,25H2,1-2H3. The number of piperazine rings is 1. The number of nitrogens with zero attached hydrogens (tertiary/aromatic N) is 3. The van der Waals surface area contributed by atoms with Gasteiger partial charge in [0.15, 0.2) is 0 Å². The van der Waals surface area contributed by atoms with Gasteiger partial charge in [0.25, 0.3) is 5.91 Å². The van der Waals surface area contributed by atoms with Crippen LogP contribution in [0.25, 0.3) is 11.1 Å². The van der Waals surface area contributed by atoms with E-state index in [1.807, 2.05) is 41.0 Å². The SMILES string of the molecule is CC1CN(C(=O)c2ccc(-c3ccc4c(c3)NCN4C)cc2)CCN1C(=O)C1(N)CC1. The normalized spacial score (nSPS) is 21.5. The highest BCUT2D eigenvalue weighted by Crippen LogP contribution is 2.36. The fourth-order valence-electron chi connectivity index (χ4n) is 4.55. The van der Waals surface area contributed by atoms with Crippen LogP contribution in [0.4, 0.5) is 11.4 Å². The lowest BCUT2D eigenvalue weighted by Crippen LogP contribution is -2.59. The third kappa shape index (κ3) is 3.53. The van der Waals surface area contributed by atoms with Crippen LogP contribution in [0.15, 0.2) is 42.5 Å². The maximum atomic E-state index is 13.1. The molecule has 7 heteroatoms. The first-order valence-electron chi connectivity index (χ1n) is 10.9. The summed E-state index contributed by atoms with van der Waals surface area (Å²) in [4.78, 5) is 31.5. The molecule has 2 aromatic rings. The maximum absolute atomic E-state index is 13.1. The molecule has 162 valence electrons. The monoisotopic (exact) mass is 419 g/mol. The van der Waals surface area contributed by atoms with Gasteiger partial charge in [0, 0.05) is 38.3 Å². The van der Waals surface area contributed by atoms with Gasteiger partial charge in [0.05, 0.1) is 23.6 Å². The summed E-state index contributed by atoms with van der Waals surface area (Å²) in [6, 6.07) is 14.2. The molecular weight excluding hydrogens is 390 g/mol. The Hall–Kier alpha value is -3.06. The Bertz CT molecular complexity index is 1030. The van der Waals surface area contributed by atoms with Gasteiger partial charge in [0.2, 0.25) is 5.91 Å². The Morgan fingerprint density at radius 2 is 1.77 bits per heavy atom. The minimum atomic E-state index is -0.654. The van der Waals surface area contributed by atoms with Crippen LogP contribution < -0.4 is 16.0 Å². The van der Waals surface area contributed by atoms with Crippen molar-refractivity contribution >= 4 is 23.2 Å². The number of nitrogens with two attached hydrogens (primary N) is 1. The molecule has 31 heavy (non-hydrogen) atoms. The largest absolute Gasteiger partial charge is 0.366 e. The molecule has 2 fully saturated rings. The number of nitrogens with one attached hydrogen (secondary N) is 1. The van der Waals surface area contributed by atoms with Crippen molar-refractivity contribution in [2.75, 3.05) is 43.6 Å². The first-order chi connectivity index (χ1) is 14.9. The lowest BCUT2D eigenvalue weighted by Gasteiger charge is -2.41. The van der Waals surface area contributed by atoms with Crippen LogP contribution in [0, 0.1) is 0 Å². The van der Waals surface area contributed by atoms with E-state index in [2.05, 4.69) is 35.5 Å². The van der Waals surface area contributed by atoms with Gasteiger partial charge in [-0.3, -0.25) is 9.59 Å². The van der Waals surface area contributed by atoms with Crippen LogP contribution in [-0.4, -0.2) is 66.5 Å². The number of anilines is 2. The molecule has 0 bridgehead atoms. The Balaban J connectivity index is 1.26. The minimum Gasteiger partial charge on any atom is -0.366 e. The molecular formula is C24H29N5O2. The van der Waals surface area contributed by atoms with Gasteiger partial charge in [-0.2, -0.15) is 0 Å². The van der Waals surface area contributed by atoms with E-state index >= 15 is 0 Å². The molecule has 2 heterocycles. The molecule has 5 rings (SSSR count). The van der Waals surface area contributed by atoms with Crippen LogP contribution in [0.1, 0.15) is 30.1 Å². The summed E-state index contributed by atoms with van der Waals surface area (Å²) in [6.45, 7) is 4.42. The smallest absolute Gasteiger partial charge is 0.253 e. The molecule has 3 aliphatic rings. The second-order valence-electron chi connectivity index (χ2n) is 9.10. The number of benzene rings is 2. The van der Waals surface area contributed by atoms with E-state index in [9.17, 15) is 9.59 Å². The van der Waals surface area contributed by atoms with E-state index in [0.29, 0.717) is 25.2 Å². The Labute approximate surface area is 182 Å². The molecule has 1 saturated carbocycles. The minimum absolute atomic E-state index is 0.0108. The Morgan fingerprint density at radius 3 is 2.45 bits per heavy atom. The molecule has 0 aromatic heterocycles. The molecule has 0 radical (unpaired) electrons. The molecule has 3 N–H and O–H groups in total. The van der Waals surface area contributed by atoms with E-state index in [1.54, 1.807) is 0 Å². The van der Waals surface area contributed by atoms with Crippen LogP contribution in [0.5, 0.6) is 0 Å². The second-order valence-corrected chi connectivity index (χ2v) is 9.10. The predicted molar refractivity (Wildman–Crippen MR) is 122 cm³/mol. The van der Waals surface area contributed by atoms with Crippen molar-refractivity contribution in [1.29, 1.82) is 0 Å². The van der Waals surface area contributed by atoms with Crippen molar-refractivity contribution in [3.8, 4) is 11.1 Å². The highest BCUT2D eigenvalue weighted by molar-refractivity contribution is 5.95. The average molecular weight is 420 g/mol. The molecule has 2 amide bonds. The van der Waals surface area contributed by atoms with Gasteiger partial charge in [-0.25, -0.2) is 0 Å². The fourth-order valence-corrected chi connectivity index (χ4v) is 4.55. The molecule has 2 aliphatic heterocycles. The lowest BCUT2D eigenvalue weighted by molar-refractivity contribution is -0.137. The molecule has 1 aliphatic carbocycles. The summed E-state index contributed by atoms with van der Waals surface area (Å²) >= 11 is 0. The molecule has 2 aromatic carbocycles. The van der Waals surface area contributed by atoms with Gasteiger partial charge in [-0.1, -0.05) is 18.2 Å². The topological polar surface area (TPSA) is 81.9 Å². The second kappa shape index (κ2) is 7.27. The van der Waals surface area contributed by atoms with Crippen LogP contribution in [-0.2, 0) is 4.79 Å². The van der Waals surface area contributed by atoms with Gasteiger partial charge in [0.1, 0.15) is 0 Å². The van der Waals surface area contributed by atoms with E-state index < -0.39 is 5.54 Å². The number of hydrogen-bond donors (Lipinski definition) is 2. The third-order valence-electron chi connectivity index (χ3n) is 6.77. The molecule has 0 spiro atoms. The van der Waals surface area contributed by atoms with Crippen LogP contribution in [0.2, 0.25) is 0 Å². The zero-order valence-electron chi connectivity index (χ0n) is 18.1. The summed E-state index contributed by atoms with van der Waals surface area (Å²) in [5, 5.41) is 3.39. The highest BCUT2D eigenvalue weighted by Gasteiger charge is 2.49. The number of fused-ring (bicyclic) bond motifs is 1. The molecule has 1 atom stereocenters. The number of hydrogen-bond acceptors (Lipinski definition) is 5. The quantitative estimate of drug-likeness (QED) is 0.798. The maximum Gasteiger partial charge on any atom is 0.253 e. The Kier molecular flexibility index (Phi) is 4.66. The molecule has 7 nitrogen and oxygen atoms in total. The van der Waals surface area contributed by atoms with Crippen LogP contribution in [0.3, 0.4) is 0 Å². The van der Waals surface area contributed by atoms with Crippen molar-refractivity contribution < 1.29 is 9.59 Å². The van der Waals surface area contributed by atoms with Gasteiger partial charge < -0.3 is 25.8 Å². The average Bonchev–Trinajstić information content (AvgIpc) is 3.44. The Morgan fingerprint density at radius 1 is 1.06 bits per heavy atom. The van der Waals surface area contributed by atoms with E-state index in [1.165, 1.54) is 5.69 Å². The summed E-state index contributed by atoms with van der Waals surface area (Å²) < 4.78 is 0. The lowest BCUT2D eigenvalue weighted by atomic mass is 10.0. The van der Waals surface area contributed by atoms with Gasteiger partial charge in [-0.05, 0) is 55.2 Å². The summed E-state index contributed by atoms with van der Waals surface area (Å²) in [7, 11) is 2.06. The third-order valence-corrected chi connectivity index (χ3v) is 6.77.